The lowest BCUT2D eigenvalue weighted by Gasteiger charge is -2.11. The van der Waals surface area contributed by atoms with Crippen LogP contribution >= 0.6 is 0 Å². The van der Waals surface area contributed by atoms with E-state index in [-0.39, 0.29) is 30.3 Å². The van der Waals surface area contributed by atoms with E-state index in [1.807, 2.05) is 13.8 Å². The molecule has 0 saturated carbocycles. The van der Waals surface area contributed by atoms with Gasteiger partial charge in [-0.1, -0.05) is 0 Å². The standard InChI is InChI=1S/C10H18N2O3/c1-7(2)12-9(13)5-11-10(14)8-3-4-15-6-8/h7-8H,3-6H2,1-2H3,(H,11,14)(H,12,13). The second-order valence-corrected chi connectivity index (χ2v) is 4.00. The third kappa shape index (κ3) is 4.29. The Kier molecular flexibility index (Phi) is 4.55. The van der Waals surface area contributed by atoms with Gasteiger partial charge in [-0.25, -0.2) is 0 Å². The highest BCUT2D eigenvalue weighted by Gasteiger charge is 2.23. The Labute approximate surface area is 89.6 Å². The van der Waals surface area contributed by atoms with Crippen LogP contribution in [0.1, 0.15) is 20.3 Å². The van der Waals surface area contributed by atoms with Crippen LogP contribution in [0.2, 0.25) is 0 Å². The van der Waals surface area contributed by atoms with E-state index in [2.05, 4.69) is 10.6 Å². The van der Waals surface area contributed by atoms with Crippen molar-refractivity contribution >= 4 is 11.8 Å². The molecule has 0 aromatic rings. The van der Waals surface area contributed by atoms with Crippen LogP contribution in [0.3, 0.4) is 0 Å². The third-order valence-electron chi connectivity index (χ3n) is 2.17. The maximum Gasteiger partial charge on any atom is 0.239 e. The summed E-state index contributed by atoms with van der Waals surface area (Å²) in [6, 6.07) is 0.101. The van der Waals surface area contributed by atoms with Gasteiger partial charge in [0.1, 0.15) is 0 Å². The van der Waals surface area contributed by atoms with Gasteiger partial charge in [-0.15, -0.1) is 0 Å². The molecule has 1 atom stereocenters. The maximum atomic E-state index is 11.5. The largest absolute Gasteiger partial charge is 0.381 e. The molecular formula is C10H18N2O3. The summed E-state index contributed by atoms with van der Waals surface area (Å²) in [7, 11) is 0. The van der Waals surface area contributed by atoms with Crippen LogP contribution in [0.25, 0.3) is 0 Å². The highest BCUT2D eigenvalue weighted by Crippen LogP contribution is 2.11. The summed E-state index contributed by atoms with van der Waals surface area (Å²) in [5, 5.41) is 5.30. The van der Waals surface area contributed by atoms with Crippen LogP contribution < -0.4 is 10.6 Å². The maximum absolute atomic E-state index is 11.5. The van der Waals surface area contributed by atoms with Crippen molar-refractivity contribution in [2.45, 2.75) is 26.3 Å². The molecule has 15 heavy (non-hydrogen) atoms. The molecule has 0 bridgehead atoms. The van der Waals surface area contributed by atoms with Gasteiger partial charge in [0.05, 0.1) is 19.1 Å². The highest BCUT2D eigenvalue weighted by atomic mass is 16.5. The number of ether oxygens (including phenoxy) is 1. The number of hydrogen-bond acceptors (Lipinski definition) is 3. The summed E-state index contributed by atoms with van der Waals surface area (Å²) < 4.78 is 5.09. The molecular weight excluding hydrogens is 196 g/mol. The molecule has 2 amide bonds. The highest BCUT2D eigenvalue weighted by molar-refractivity contribution is 5.86. The molecule has 1 aliphatic rings. The first kappa shape index (κ1) is 12.0. The number of carbonyl (C=O) groups is 2. The van der Waals surface area contributed by atoms with Gasteiger partial charge < -0.3 is 15.4 Å². The summed E-state index contributed by atoms with van der Waals surface area (Å²) in [5.74, 6) is -0.333. The van der Waals surface area contributed by atoms with E-state index >= 15 is 0 Å². The predicted octanol–water partition coefficient (Wildman–Crippen LogP) is -0.336. The average Bonchev–Trinajstić information content (AvgIpc) is 2.65. The Balaban J connectivity index is 2.18. The molecule has 0 aromatic heterocycles. The predicted molar refractivity (Wildman–Crippen MR) is 55.2 cm³/mol. The Morgan fingerprint density at radius 2 is 2.20 bits per heavy atom. The van der Waals surface area contributed by atoms with Crippen molar-refractivity contribution in [2.24, 2.45) is 5.92 Å². The topological polar surface area (TPSA) is 67.4 Å². The molecule has 1 fully saturated rings. The van der Waals surface area contributed by atoms with Crippen molar-refractivity contribution in [2.75, 3.05) is 19.8 Å². The summed E-state index contributed by atoms with van der Waals surface area (Å²) in [5.41, 5.74) is 0. The van der Waals surface area contributed by atoms with E-state index < -0.39 is 0 Å². The van der Waals surface area contributed by atoms with Crippen molar-refractivity contribution in [3.63, 3.8) is 0 Å². The van der Waals surface area contributed by atoms with Gasteiger partial charge in [0.2, 0.25) is 11.8 Å². The fourth-order valence-electron chi connectivity index (χ4n) is 1.43. The van der Waals surface area contributed by atoms with Gasteiger partial charge in [-0.2, -0.15) is 0 Å². The van der Waals surface area contributed by atoms with Gasteiger partial charge in [-0.3, -0.25) is 9.59 Å². The van der Waals surface area contributed by atoms with Crippen LogP contribution in [0.5, 0.6) is 0 Å². The van der Waals surface area contributed by atoms with Gasteiger partial charge >= 0.3 is 0 Å². The lowest BCUT2D eigenvalue weighted by Crippen LogP contribution is -2.41. The Morgan fingerprint density at radius 1 is 1.47 bits per heavy atom. The first-order valence-corrected chi connectivity index (χ1v) is 5.24. The second kappa shape index (κ2) is 5.70. The van der Waals surface area contributed by atoms with Gasteiger partial charge in [0.25, 0.3) is 0 Å². The van der Waals surface area contributed by atoms with Crippen molar-refractivity contribution in [1.29, 1.82) is 0 Å². The van der Waals surface area contributed by atoms with Gasteiger partial charge in [-0.05, 0) is 20.3 Å². The molecule has 5 nitrogen and oxygen atoms in total. The first-order valence-electron chi connectivity index (χ1n) is 5.24. The Hall–Kier alpha value is -1.10. The van der Waals surface area contributed by atoms with Crippen LogP contribution in [0.4, 0.5) is 0 Å². The molecule has 0 radical (unpaired) electrons. The van der Waals surface area contributed by atoms with E-state index in [1.165, 1.54) is 0 Å². The quantitative estimate of drug-likeness (QED) is 0.673. The van der Waals surface area contributed by atoms with Gasteiger partial charge in [0.15, 0.2) is 0 Å². The molecule has 0 aromatic carbocycles. The fraction of sp³-hybridized carbons (Fsp3) is 0.800. The molecule has 1 aliphatic heterocycles. The molecule has 0 aliphatic carbocycles. The van der Waals surface area contributed by atoms with Crippen LogP contribution in [-0.2, 0) is 14.3 Å². The summed E-state index contributed by atoms with van der Waals surface area (Å²) in [6.45, 7) is 4.91. The van der Waals surface area contributed by atoms with Crippen molar-refractivity contribution in [3.8, 4) is 0 Å². The van der Waals surface area contributed by atoms with E-state index in [1.54, 1.807) is 0 Å². The summed E-state index contributed by atoms with van der Waals surface area (Å²) >= 11 is 0. The van der Waals surface area contributed by atoms with Crippen molar-refractivity contribution in [1.82, 2.24) is 10.6 Å². The zero-order valence-corrected chi connectivity index (χ0v) is 9.21. The zero-order valence-electron chi connectivity index (χ0n) is 9.21. The monoisotopic (exact) mass is 214 g/mol. The fourth-order valence-corrected chi connectivity index (χ4v) is 1.43. The zero-order chi connectivity index (χ0) is 11.3. The van der Waals surface area contributed by atoms with E-state index in [0.717, 1.165) is 6.42 Å². The van der Waals surface area contributed by atoms with Crippen molar-refractivity contribution < 1.29 is 14.3 Å². The average molecular weight is 214 g/mol. The molecule has 1 unspecified atom stereocenters. The minimum Gasteiger partial charge on any atom is -0.381 e. The first-order chi connectivity index (χ1) is 7.09. The van der Waals surface area contributed by atoms with E-state index in [9.17, 15) is 9.59 Å². The van der Waals surface area contributed by atoms with Crippen LogP contribution in [0, 0.1) is 5.92 Å². The number of amides is 2. The number of carbonyl (C=O) groups excluding carboxylic acids is 2. The van der Waals surface area contributed by atoms with Crippen LogP contribution in [-0.4, -0.2) is 37.6 Å². The smallest absolute Gasteiger partial charge is 0.239 e. The molecule has 86 valence electrons. The Bertz CT molecular complexity index is 235. The molecule has 5 heteroatoms. The number of hydrogen-bond donors (Lipinski definition) is 2. The molecule has 1 saturated heterocycles. The van der Waals surface area contributed by atoms with Crippen molar-refractivity contribution in [3.05, 3.63) is 0 Å². The normalized spacial score (nSPS) is 20.3. The molecule has 0 spiro atoms. The lowest BCUT2D eigenvalue weighted by molar-refractivity contribution is -0.128. The molecule has 1 heterocycles. The van der Waals surface area contributed by atoms with Gasteiger partial charge in [0, 0.05) is 12.6 Å². The number of rotatable bonds is 4. The molecule has 1 rings (SSSR count). The summed E-state index contributed by atoms with van der Waals surface area (Å²) in [6.07, 6.45) is 0.748. The SMILES string of the molecule is CC(C)NC(=O)CNC(=O)C1CCOC1. The van der Waals surface area contributed by atoms with Crippen LogP contribution in [0.15, 0.2) is 0 Å². The lowest BCUT2D eigenvalue weighted by atomic mass is 10.1. The number of nitrogens with one attached hydrogen (secondary N) is 2. The second-order valence-electron chi connectivity index (χ2n) is 4.00. The Morgan fingerprint density at radius 3 is 2.73 bits per heavy atom. The van der Waals surface area contributed by atoms with E-state index in [0.29, 0.717) is 13.2 Å². The van der Waals surface area contributed by atoms with E-state index in [4.69, 9.17) is 4.74 Å². The molecule has 2 N–H and O–H groups in total. The third-order valence-corrected chi connectivity index (χ3v) is 2.17. The minimum absolute atomic E-state index is 0.0491. The minimum atomic E-state index is -0.155. The summed E-state index contributed by atoms with van der Waals surface area (Å²) in [4.78, 5) is 22.7.